The summed E-state index contributed by atoms with van der Waals surface area (Å²) in [5.74, 6) is 0.712. The zero-order valence-corrected chi connectivity index (χ0v) is 11.3. The van der Waals surface area contributed by atoms with Crippen LogP contribution in [0.25, 0.3) is 0 Å². The molecule has 0 aliphatic rings. The van der Waals surface area contributed by atoms with Crippen molar-refractivity contribution in [2.24, 2.45) is 0 Å². The molecule has 0 aromatic carbocycles. The number of hydrogen-bond acceptors (Lipinski definition) is 4. The summed E-state index contributed by atoms with van der Waals surface area (Å²) in [6, 6.07) is 4.16. The van der Waals surface area contributed by atoms with E-state index in [9.17, 15) is 9.32 Å². The van der Waals surface area contributed by atoms with Gasteiger partial charge in [-0.15, -0.1) is 11.3 Å². The first-order chi connectivity index (χ1) is 7.59. The molecule has 3 atom stereocenters. The molecule has 0 spiro atoms. The minimum atomic E-state index is -0.730. The van der Waals surface area contributed by atoms with E-state index in [-0.39, 0.29) is 0 Å². The van der Waals surface area contributed by atoms with Gasteiger partial charge in [0.25, 0.3) is 0 Å². The van der Waals surface area contributed by atoms with E-state index in [1.807, 2.05) is 24.4 Å². The number of aliphatic hydroxyl groups is 1. The number of aliphatic hydroxyl groups excluding tert-OH is 1. The summed E-state index contributed by atoms with van der Waals surface area (Å²) in [6.07, 6.45) is 2.16. The highest BCUT2D eigenvalue weighted by Gasteiger charge is 2.10. The monoisotopic (exact) mass is 261 g/mol. The van der Waals surface area contributed by atoms with E-state index in [2.05, 4.69) is 5.32 Å². The smallest absolute Gasteiger partial charge is 0.101 e. The topological polar surface area (TPSA) is 49.3 Å². The van der Waals surface area contributed by atoms with Crippen LogP contribution in [-0.4, -0.2) is 33.9 Å². The second-order valence-electron chi connectivity index (χ2n) is 3.91. The zero-order chi connectivity index (χ0) is 12.0. The predicted molar refractivity (Wildman–Crippen MR) is 70.3 cm³/mol. The third kappa shape index (κ3) is 5.21. The largest absolute Gasteiger partial charge is 0.386 e. The summed E-state index contributed by atoms with van der Waals surface area (Å²) >= 11 is 1.56. The van der Waals surface area contributed by atoms with Gasteiger partial charge in [0.1, 0.15) is 6.10 Å². The third-order valence-corrected chi connectivity index (χ3v) is 4.15. The van der Waals surface area contributed by atoms with Crippen molar-refractivity contribution in [2.75, 3.05) is 18.6 Å². The van der Waals surface area contributed by atoms with Crippen LogP contribution >= 0.6 is 11.3 Å². The highest BCUT2D eigenvalue weighted by atomic mass is 32.2. The fourth-order valence-corrected chi connectivity index (χ4v) is 2.74. The van der Waals surface area contributed by atoms with Crippen LogP contribution in [0.15, 0.2) is 17.5 Å². The molecule has 0 saturated carbocycles. The molecule has 0 aliphatic heterocycles. The molecule has 1 heterocycles. The summed E-state index contributed by atoms with van der Waals surface area (Å²) in [5, 5.41) is 15.0. The van der Waals surface area contributed by atoms with Crippen molar-refractivity contribution in [3.8, 4) is 0 Å². The molecule has 0 fully saturated rings. The minimum absolute atomic E-state index is 0.290. The molecule has 0 amide bonds. The average Bonchev–Trinajstić information content (AvgIpc) is 2.76. The molecule has 1 aromatic heterocycles. The summed E-state index contributed by atoms with van der Waals surface area (Å²) in [4.78, 5) is 0.985. The van der Waals surface area contributed by atoms with Crippen molar-refractivity contribution < 1.29 is 9.32 Å². The summed E-state index contributed by atoms with van der Waals surface area (Å²) in [5.41, 5.74) is 0. The van der Waals surface area contributed by atoms with Crippen LogP contribution in [0, 0.1) is 0 Å². The van der Waals surface area contributed by atoms with Gasteiger partial charge in [-0.3, -0.25) is 4.21 Å². The molecule has 2 N–H and O–H groups in total. The Bertz CT molecular complexity index is 314. The van der Waals surface area contributed by atoms with E-state index in [4.69, 9.17) is 0 Å². The quantitative estimate of drug-likeness (QED) is 0.782. The predicted octanol–water partition coefficient (Wildman–Crippen LogP) is 1.53. The van der Waals surface area contributed by atoms with Crippen molar-refractivity contribution in [3.63, 3.8) is 0 Å². The normalized spacial score (nSPS) is 16.9. The van der Waals surface area contributed by atoms with Crippen LogP contribution in [0.5, 0.6) is 0 Å². The van der Waals surface area contributed by atoms with E-state index < -0.39 is 16.9 Å². The zero-order valence-electron chi connectivity index (χ0n) is 9.68. The lowest BCUT2D eigenvalue weighted by molar-refractivity contribution is 0.174. The maximum Gasteiger partial charge on any atom is 0.101 e. The van der Waals surface area contributed by atoms with Crippen LogP contribution in [0.4, 0.5) is 0 Å². The molecular weight excluding hydrogens is 242 g/mol. The van der Waals surface area contributed by atoms with Crippen LogP contribution in [-0.2, 0) is 10.8 Å². The summed E-state index contributed by atoms with van der Waals surface area (Å²) < 4.78 is 10.9. The average molecular weight is 261 g/mol. The van der Waals surface area contributed by atoms with Crippen molar-refractivity contribution in [3.05, 3.63) is 22.4 Å². The highest BCUT2D eigenvalue weighted by Crippen LogP contribution is 2.17. The highest BCUT2D eigenvalue weighted by molar-refractivity contribution is 7.84. The minimum Gasteiger partial charge on any atom is -0.386 e. The maximum atomic E-state index is 10.9. The van der Waals surface area contributed by atoms with Crippen LogP contribution in [0.1, 0.15) is 24.3 Å². The van der Waals surface area contributed by atoms with E-state index in [0.29, 0.717) is 18.3 Å². The first-order valence-corrected chi connectivity index (χ1v) is 7.95. The van der Waals surface area contributed by atoms with E-state index in [1.165, 1.54) is 0 Å². The Morgan fingerprint density at radius 3 is 2.94 bits per heavy atom. The second kappa shape index (κ2) is 7.17. The third-order valence-electron chi connectivity index (χ3n) is 2.37. The fourth-order valence-electron chi connectivity index (χ4n) is 1.34. The Labute approximate surface area is 103 Å². The van der Waals surface area contributed by atoms with Crippen molar-refractivity contribution in [1.82, 2.24) is 5.32 Å². The molecule has 3 nitrogen and oxygen atoms in total. The molecule has 0 radical (unpaired) electrons. The van der Waals surface area contributed by atoms with E-state index in [0.717, 1.165) is 11.3 Å². The number of hydrogen-bond donors (Lipinski definition) is 2. The Morgan fingerprint density at radius 2 is 2.38 bits per heavy atom. The van der Waals surface area contributed by atoms with Gasteiger partial charge in [0, 0.05) is 40.3 Å². The Kier molecular flexibility index (Phi) is 6.20. The Balaban J connectivity index is 2.21. The number of nitrogens with one attached hydrogen (secondary N) is 1. The molecule has 92 valence electrons. The lowest BCUT2D eigenvalue weighted by Gasteiger charge is -2.15. The SMILES string of the molecule is CC(CCS(C)=O)NCC(O)c1cccs1. The Hall–Kier alpha value is -0.230. The molecule has 3 unspecified atom stereocenters. The van der Waals surface area contributed by atoms with Crippen molar-refractivity contribution in [2.45, 2.75) is 25.5 Å². The Morgan fingerprint density at radius 1 is 1.62 bits per heavy atom. The van der Waals surface area contributed by atoms with Crippen LogP contribution < -0.4 is 5.32 Å². The molecule has 5 heteroatoms. The lowest BCUT2D eigenvalue weighted by Crippen LogP contribution is -2.31. The summed E-state index contributed by atoms with van der Waals surface area (Å²) in [6.45, 7) is 2.60. The van der Waals surface area contributed by atoms with Gasteiger partial charge in [-0.1, -0.05) is 6.07 Å². The van der Waals surface area contributed by atoms with Gasteiger partial charge in [-0.2, -0.15) is 0 Å². The van der Waals surface area contributed by atoms with Crippen molar-refractivity contribution >= 4 is 22.1 Å². The van der Waals surface area contributed by atoms with Gasteiger partial charge in [-0.05, 0) is 24.8 Å². The lowest BCUT2D eigenvalue weighted by atomic mass is 10.2. The molecule has 1 rings (SSSR count). The van der Waals surface area contributed by atoms with Crippen LogP contribution in [0.3, 0.4) is 0 Å². The molecule has 16 heavy (non-hydrogen) atoms. The molecule has 1 aromatic rings. The molecule has 0 bridgehead atoms. The first kappa shape index (κ1) is 13.8. The number of rotatable bonds is 7. The van der Waals surface area contributed by atoms with Gasteiger partial charge >= 0.3 is 0 Å². The van der Waals surface area contributed by atoms with Gasteiger partial charge in [-0.25, -0.2) is 0 Å². The van der Waals surface area contributed by atoms with Crippen molar-refractivity contribution in [1.29, 1.82) is 0 Å². The molecular formula is C11H19NO2S2. The van der Waals surface area contributed by atoms with E-state index in [1.54, 1.807) is 17.6 Å². The maximum absolute atomic E-state index is 10.9. The van der Waals surface area contributed by atoms with Gasteiger partial charge in [0.05, 0.1) is 0 Å². The standard InChI is InChI=1S/C11H19NO2S2/c1-9(5-7-16(2)14)12-8-10(13)11-4-3-6-15-11/h3-4,6,9-10,12-13H,5,7-8H2,1-2H3. The second-order valence-corrected chi connectivity index (χ2v) is 6.44. The van der Waals surface area contributed by atoms with Gasteiger partial charge in [0.2, 0.25) is 0 Å². The summed E-state index contributed by atoms with van der Waals surface area (Å²) in [7, 11) is -0.730. The first-order valence-electron chi connectivity index (χ1n) is 5.34. The van der Waals surface area contributed by atoms with E-state index >= 15 is 0 Å². The van der Waals surface area contributed by atoms with Crippen LogP contribution in [0.2, 0.25) is 0 Å². The fraction of sp³-hybridized carbons (Fsp3) is 0.636. The van der Waals surface area contributed by atoms with Gasteiger partial charge < -0.3 is 10.4 Å². The molecule has 0 aliphatic carbocycles. The molecule has 0 saturated heterocycles. The number of thiophene rings is 1. The van der Waals surface area contributed by atoms with Gasteiger partial charge in [0.15, 0.2) is 0 Å².